The minimum absolute atomic E-state index is 0.00323. The third-order valence-corrected chi connectivity index (χ3v) is 4.32. The molecule has 2 aliphatic heterocycles. The molecule has 0 aliphatic carbocycles. The van der Waals surface area contributed by atoms with Gasteiger partial charge in [0.25, 0.3) is 0 Å². The molecule has 130 valence electrons. The molecule has 1 N–H and O–H groups in total. The second kappa shape index (κ2) is 7.74. The summed E-state index contributed by atoms with van der Waals surface area (Å²) in [5, 5.41) is 8.79. The molecule has 2 unspecified atom stereocenters. The second-order valence-electron chi connectivity index (χ2n) is 6.20. The molecule has 0 aromatic heterocycles. The number of carbonyl (C=O) groups excluding carboxylic acids is 2. The Bertz CT molecular complexity index is 470. The molecule has 2 rings (SSSR count). The first kappa shape index (κ1) is 17.7. The van der Waals surface area contributed by atoms with Gasteiger partial charge in [-0.15, -0.1) is 0 Å². The Kier molecular flexibility index (Phi) is 5.95. The molecule has 0 radical (unpaired) electrons. The minimum atomic E-state index is -0.889. The Morgan fingerprint density at radius 2 is 2.13 bits per heavy atom. The Balaban J connectivity index is 1.87. The quantitative estimate of drug-likeness (QED) is 0.680. The number of carboxylic acid groups (broad SMARTS) is 1. The van der Waals surface area contributed by atoms with Crippen molar-refractivity contribution in [2.75, 3.05) is 52.9 Å². The van der Waals surface area contributed by atoms with Crippen molar-refractivity contribution in [1.29, 1.82) is 0 Å². The second-order valence-corrected chi connectivity index (χ2v) is 6.20. The smallest absolute Gasteiger partial charge is 0.317 e. The van der Waals surface area contributed by atoms with Crippen LogP contribution < -0.4 is 0 Å². The molecule has 0 spiro atoms. The summed E-state index contributed by atoms with van der Waals surface area (Å²) in [6, 6.07) is 0. The summed E-state index contributed by atoms with van der Waals surface area (Å²) in [6.07, 6.45) is 0.0876. The monoisotopic (exact) mass is 327 g/mol. The summed E-state index contributed by atoms with van der Waals surface area (Å²) in [7, 11) is 1.72. The zero-order chi connectivity index (χ0) is 17.0. The van der Waals surface area contributed by atoms with Crippen molar-refractivity contribution in [3.05, 3.63) is 0 Å². The number of likely N-dealkylation sites (tertiary alicyclic amines) is 1. The summed E-state index contributed by atoms with van der Waals surface area (Å²) in [5.41, 5.74) is 0. The zero-order valence-electron chi connectivity index (χ0n) is 13.7. The molecule has 2 fully saturated rings. The molecule has 2 aliphatic rings. The molecule has 0 aromatic rings. The van der Waals surface area contributed by atoms with E-state index >= 15 is 0 Å². The van der Waals surface area contributed by atoms with E-state index in [2.05, 4.69) is 0 Å². The number of morpholine rings is 1. The van der Waals surface area contributed by atoms with Gasteiger partial charge in [0.05, 0.1) is 25.2 Å². The topological polar surface area (TPSA) is 90.4 Å². The highest BCUT2D eigenvalue weighted by Gasteiger charge is 2.37. The van der Waals surface area contributed by atoms with Crippen molar-refractivity contribution < 1.29 is 24.2 Å². The molecule has 2 saturated heterocycles. The number of likely N-dealkylation sites (N-methyl/N-ethyl adjacent to an activating group) is 1. The van der Waals surface area contributed by atoms with Gasteiger partial charge in [0, 0.05) is 39.1 Å². The fraction of sp³-hybridized carbons (Fsp3) is 0.800. The summed E-state index contributed by atoms with van der Waals surface area (Å²) < 4.78 is 5.63. The van der Waals surface area contributed by atoms with Crippen LogP contribution in [0.1, 0.15) is 13.3 Å². The van der Waals surface area contributed by atoms with Crippen molar-refractivity contribution in [2.45, 2.75) is 19.4 Å². The summed E-state index contributed by atoms with van der Waals surface area (Å²) in [6.45, 7) is 4.85. The molecule has 2 atom stereocenters. The molecule has 0 aromatic carbocycles. The van der Waals surface area contributed by atoms with Crippen LogP contribution in [0.3, 0.4) is 0 Å². The summed E-state index contributed by atoms with van der Waals surface area (Å²) in [4.78, 5) is 40.2. The highest BCUT2D eigenvalue weighted by Crippen LogP contribution is 2.21. The SMILES string of the molecule is CCN1CC(C(=O)N2CCOC(CN(C)CC(=O)O)C2)CC1=O. The molecule has 2 heterocycles. The van der Waals surface area contributed by atoms with E-state index < -0.39 is 5.97 Å². The van der Waals surface area contributed by atoms with Gasteiger partial charge < -0.3 is 19.6 Å². The van der Waals surface area contributed by atoms with E-state index in [9.17, 15) is 14.4 Å². The molecule has 2 amide bonds. The van der Waals surface area contributed by atoms with Crippen molar-refractivity contribution in [1.82, 2.24) is 14.7 Å². The third kappa shape index (κ3) is 4.65. The summed E-state index contributed by atoms with van der Waals surface area (Å²) >= 11 is 0. The first-order valence-electron chi connectivity index (χ1n) is 7.99. The number of hydrogen-bond acceptors (Lipinski definition) is 5. The van der Waals surface area contributed by atoms with Gasteiger partial charge in [-0.25, -0.2) is 0 Å². The van der Waals surface area contributed by atoms with Crippen molar-refractivity contribution in [2.24, 2.45) is 5.92 Å². The Hall–Kier alpha value is -1.67. The van der Waals surface area contributed by atoms with Crippen LogP contribution >= 0.6 is 0 Å². The number of hydrogen-bond donors (Lipinski definition) is 1. The van der Waals surface area contributed by atoms with Crippen molar-refractivity contribution in [3.63, 3.8) is 0 Å². The Morgan fingerprint density at radius 1 is 1.39 bits per heavy atom. The predicted molar refractivity (Wildman–Crippen MR) is 81.8 cm³/mol. The average molecular weight is 327 g/mol. The van der Waals surface area contributed by atoms with Crippen LogP contribution in [0.15, 0.2) is 0 Å². The van der Waals surface area contributed by atoms with E-state index in [1.165, 1.54) is 0 Å². The van der Waals surface area contributed by atoms with Gasteiger partial charge in [0.1, 0.15) is 0 Å². The number of ether oxygens (including phenoxy) is 1. The van der Waals surface area contributed by atoms with Gasteiger partial charge in [-0.1, -0.05) is 0 Å². The number of nitrogens with zero attached hydrogens (tertiary/aromatic N) is 3. The lowest BCUT2D eigenvalue weighted by atomic mass is 10.1. The van der Waals surface area contributed by atoms with E-state index in [0.717, 1.165) is 0 Å². The van der Waals surface area contributed by atoms with Crippen LogP contribution in [0.2, 0.25) is 0 Å². The van der Waals surface area contributed by atoms with Crippen LogP contribution in [-0.2, 0) is 19.1 Å². The normalized spacial score (nSPS) is 25.3. The number of aliphatic carboxylic acids is 1. The van der Waals surface area contributed by atoms with E-state index in [-0.39, 0.29) is 36.8 Å². The Labute approximate surface area is 136 Å². The first-order chi connectivity index (χ1) is 10.9. The number of carboxylic acids is 1. The van der Waals surface area contributed by atoms with E-state index in [0.29, 0.717) is 39.3 Å². The zero-order valence-corrected chi connectivity index (χ0v) is 13.7. The lowest BCUT2D eigenvalue weighted by Crippen LogP contribution is -2.51. The maximum Gasteiger partial charge on any atom is 0.317 e. The minimum Gasteiger partial charge on any atom is -0.480 e. The maximum absolute atomic E-state index is 12.6. The highest BCUT2D eigenvalue weighted by molar-refractivity contribution is 5.89. The van der Waals surface area contributed by atoms with E-state index in [1.807, 2.05) is 6.92 Å². The van der Waals surface area contributed by atoms with Crippen LogP contribution in [0, 0.1) is 5.92 Å². The van der Waals surface area contributed by atoms with Crippen LogP contribution in [0.4, 0.5) is 0 Å². The molecular weight excluding hydrogens is 302 g/mol. The lowest BCUT2D eigenvalue weighted by Gasteiger charge is -2.35. The van der Waals surface area contributed by atoms with Crippen molar-refractivity contribution >= 4 is 17.8 Å². The number of rotatable bonds is 6. The van der Waals surface area contributed by atoms with Crippen LogP contribution in [0.5, 0.6) is 0 Å². The lowest BCUT2D eigenvalue weighted by molar-refractivity contribution is -0.145. The standard InChI is InChI=1S/C15H25N3O5/c1-3-17-7-11(6-13(17)19)15(22)18-4-5-23-12(9-18)8-16(2)10-14(20)21/h11-12H,3-10H2,1-2H3,(H,20,21). The molecular formula is C15H25N3O5. The maximum atomic E-state index is 12.6. The van der Waals surface area contributed by atoms with Crippen molar-refractivity contribution in [3.8, 4) is 0 Å². The van der Waals surface area contributed by atoms with E-state index in [4.69, 9.17) is 9.84 Å². The summed E-state index contributed by atoms with van der Waals surface area (Å²) in [5.74, 6) is -1.11. The molecule has 8 heteroatoms. The van der Waals surface area contributed by atoms with Gasteiger partial charge in [-0.05, 0) is 14.0 Å². The largest absolute Gasteiger partial charge is 0.480 e. The molecule has 23 heavy (non-hydrogen) atoms. The first-order valence-corrected chi connectivity index (χ1v) is 7.99. The molecule has 8 nitrogen and oxygen atoms in total. The van der Waals surface area contributed by atoms with Gasteiger partial charge >= 0.3 is 5.97 Å². The van der Waals surface area contributed by atoms with Gasteiger partial charge in [0.2, 0.25) is 11.8 Å². The highest BCUT2D eigenvalue weighted by atomic mass is 16.5. The number of carbonyl (C=O) groups is 3. The average Bonchev–Trinajstić information content (AvgIpc) is 2.87. The molecule has 0 bridgehead atoms. The van der Waals surface area contributed by atoms with Crippen LogP contribution in [-0.4, -0.2) is 96.6 Å². The van der Waals surface area contributed by atoms with Gasteiger partial charge in [0.15, 0.2) is 0 Å². The van der Waals surface area contributed by atoms with Crippen LogP contribution in [0.25, 0.3) is 0 Å². The third-order valence-electron chi connectivity index (χ3n) is 4.32. The fourth-order valence-electron chi connectivity index (χ4n) is 3.17. The Morgan fingerprint density at radius 3 is 2.74 bits per heavy atom. The fourth-order valence-corrected chi connectivity index (χ4v) is 3.17. The van der Waals surface area contributed by atoms with E-state index in [1.54, 1.807) is 21.7 Å². The van der Waals surface area contributed by atoms with Gasteiger partial charge in [-0.2, -0.15) is 0 Å². The van der Waals surface area contributed by atoms with Gasteiger partial charge in [-0.3, -0.25) is 19.3 Å². The number of amides is 2. The predicted octanol–water partition coefficient (Wildman–Crippen LogP) is -0.901. The molecule has 0 saturated carbocycles.